The topological polar surface area (TPSA) is 37.8 Å². The van der Waals surface area contributed by atoms with Crippen molar-refractivity contribution in [3.05, 3.63) is 5.82 Å². The molecular weight excluding hydrogens is 262 g/mol. The molecule has 1 aromatic rings. The van der Waals surface area contributed by atoms with Gasteiger partial charge in [-0.15, -0.1) is 0 Å². The standard InChI is InChI=1S/C13H23N3S2/c1-5-14-10-6-7-13(3,4)8-11(10)17-12-15-9(2)16-18-12/h10-11,14H,5-8H2,1-4H3. The Bertz CT molecular complexity index is 389. The van der Waals surface area contributed by atoms with E-state index < -0.39 is 0 Å². The molecule has 0 spiro atoms. The summed E-state index contributed by atoms with van der Waals surface area (Å²) in [6.07, 6.45) is 3.85. The Morgan fingerprint density at radius 2 is 2.28 bits per heavy atom. The Kier molecular flexibility index (Phi) is 4.67. The van der Waals surface area contributed by atoms with Crippen molar-refractivity contribution in [3.63, 3.8) is 0 Å². The van der Waals surface area contributed by atoms with E-state index in [-0.39, 0.29) is 0 Å². The number of aromatic nitrogens is 2. The Morgan fingerprint density at radius 3 is 2.89 bits per heavy atom. The first kappa shape index (κ1) is 14.3. The summed E-state index contributed by atoms with van der Waals surface area (Å²) in [5.74, 6) is 0.901. The summed E-state index contributed by atoms with van der Waals surface area (Å²) in [5, 5.41) is 4.26. The van der Waals surface area contributed by atoms with Gasteiger partial charge in [0.2, 0.25) is 0 Å². The van der Waals surface area contributed by atoms with Crippen molar-refractivity contribution in [1.82, 2.24) is 14.7 Å². The molecule has 1 N–H and O–H groups in total. The van der Waals surface area contributed by atoms with Gasteiger partial charge >= 0.3 is 0 Å². The van der Waals surface area contributed by atoms with E-state index in [1.807, 2.05) is 18.7 Å². The van der Waals surface area contributed by atoms with Crippen molar-refractivity contribution in [3.8, 4) is 0 Å². The maximum Gasteiger partial charge on any atom is 0.170 e. The molecule has 2 rings (SSSR count). The van der Waals surface area contributed by atoms with Crippen molar-refractivity contribution in [2.24, 2.45) is 5.41 Å². The molecular formula is C13H23N3S2. The van der Waals surface area contributed by atoms with Crippen molar-refractivity contribution in [2.45, 2.75) is 62.6 Å². The fourth-order valence-electron chi connectivity index (χ4n) is 2.60. The number of thioether (sulfide) groups is 1. The quantitative estimate of drug-likeness (QED) is 0.919. The molecule has 0 aromatic carbocycles. The smallest absolute Gasteiger partial charge is 0.170 e. The van der Waals surface area contributed by atoms with Gasteiger partial charge in [0.15, 0.2) is 4.34 Å². The van der Waals surface area contributed by atoms with E-state index in [1.54, 1.807) is 0 Å². The lowest BCUT2D eigenvalue weighted by molar-refractivity contribution is 0.215. The van der Waals surface area contributed by atoms with E-state index in [4.69, 9.17) is 0 Å². The minimum absolute atomic E-state index is 0.462. The second-order valence-electron chi connectivity index (χ2n) is 5.83. The molecule has 0 aliphatic heterocycles. The highest BCUT2D eigenvalue weighted by Crippen LogP contribution is 2.42. The lowest BCUT2D eigenvalue weighted by Gasteiger charge is -2.40. The first-order chi connectivity index (χ1) is 8.50. The fourth-order valence-corrected chi connectivity index (χ4v) is 5.05. The molecule has 1 aliphatic rings. The molecule has 0 amide bonds. The maximum absolute atomic E-state index is 4.49. The van der Waals surface area contributed by atoms with Crippen LogP contribution in [0.5, 0.6) is 0 Å². The monoisotopic (exact) mass is 285 g/mol. The van der Waals surface area contributed by atoms with Gasteiger partial charge in [-0.05, 0) is 49.7 Å². The Labute approximate surface area is 118 Å². The number of nitrogens with one attached hydrogen (secondary N) is 1. The van der Waals surface area contributed by atoms with Crippen molar-refractivity contribution in [2.75, 3.05) is 6.54 Å². The lowest BCUT2D eigenvalue weighted by Crippen LogP contribution is -2.44. The zero-order chi connectivity index (χ0) is 13.2. The highest BCUT2D eigenvalue weighted by molar-refractivity contribution is 8.01. The van der Waals surface area contributed by atoms with Crippen LogP contribution >= 0.6 is 23.3 Å². The van der Waals surface area contributed by atoms with Gasteiger partial charge in [0.05, 0.1) is 0 Å². The first-order valence-electron chi connectivity index (χ1n) is 6.70. The van der Waals surface area contributed by atoms with Crippen LogP contribution in [-0.2, 0) is 0 Å². The molecule has 2 atom stereocenters. The molecule has 0 saturated heterocycles. The maximum atomic E-state index is 4.49. The average Bonchev–Trinajstić information content (AvgIpc) is 2.68. The molecule has 3 nitrogen and oxygen atoms in total. The summed E-state index contributed by atoms with van der Waals surface area (Å²) in [6, 6.07) is 0.622. The molecule has 18 heavy (non-hydrogen) atoms. The summed E-state index contributed by atoms with van der Waals surface area (Å²) >= 11 is 3.46. The molecule has 1 aliphatic carbocycles. The van der Waals surface area contributed by atoms with Crippen LogP contribution in [0.3, 0.4) is 0 Å². The number of hydrogen-bond acceptors (Lipinski definition) is 5. The molecule has 102 valence electrons. The molecule has 1 fully saturated rings. The van der Waals surface area contributed by atoms with Crippen molar-refractivity contribution in [1.29, 1.82) is 0 Å². The normalized spacial score (nSPS) is 27.3. The second kappa shape index (κ2) is 5.88. The number of hydrogen-bond donors (Lipinski definition) is 1. The van der Waals surface area contributed by atoms with E-state index in [0.717, 1.165) is 16.7 Å². The van der Waals surface area contributed by atoms with Gasteiger partial charge in [0, 0.05) is 11.3 Å². The lowest BCUT2D eigenvalue weighted by atomic mass is 9.75. The van der Waals surface area contributed by atoms with E-state index in [1.165, 1.54) is 30.8 Å². The van der Waals surface area contributed by atoms with E-state index in [9.17, 15) is 0 Å². The molecule has 2 unspecified atom stereocenters. The highest BCUT2D eigenvalue weighted by Gasteiger charge is 2.35. The number of nitrogens with zero attached hydrogens (tertiary/aromatic N) is 2. The summed E-state index contributed by atoms with van der Waals surface area (Å²) < 4.78 is 5.40. The van der Waals surface area contributed by atoms with Crippen LogP contribution in [-0.4, -0.2) is 27.2 Å². The second-order valence-corrected chi connectivity index (χ2v) is 8.07. The summed E-state index contributed by atoms with van der Waals surface area (Å²) in [5.41, 5.74) is 0.462. The van der Waals surface area contributed by atoms with Crippen LogP contribution in [0, 0.1) is 12.3 Å². The molecule has 1 saturated carbocycles. The average molecular weight is 285 g/mol. The summed E-state index contributed by atoms with van der Waals surface area (Å²) in [7, 11) is 0. The highest BCUT2D eigenvalue weighted by atomic mass is 32.2. The van der Waals surface area contributed by atoms with Gasteiger partial charge in [-0.25, -0.2) is 4.98 Å². The zero-order valence-electron chi connectivity index (χ0n) is 11.7. The zero-order valence-corrected chi connectivity index (χ0v) is 13.3. The molecule has 0 bridgehead atoms. The summed E-state index contributed by atoms with van der Waals surface area (Å²) in [6.45, 7) is 9.98. The number of rotatable bonds is 4. The Morgan fingerprint density at radius 1 is 1.50 bits per heavy atom. The van der Waals surface area contributed by atoms with Crippen molar-refractivity contribution >= 4 is 23.3 Å². The van der Waals surface area contributed by atoms with Crippen LogP contribution in [0.2, 0.25) is 0 Å². The fraction of sp³-hybridized carbons (Fsp3) is 0.846. The molecule has 1 aromatic heterocycles. The van der Waals surface area contributed by atoms with Crippen LogP contribution < -0.4 is 5.32 Å². The predicted molar refractivity (Wildman–Crippen MR) is 79.4 cm³/mol. The minimum atomic E-state index is 0.462. The van der Waals surface area contributed by atoms with E-state index in [2.05, 4.69) is 35.4 Å². The third-order valence-corrected chi connectivity index (χ3v) is 5.77. The SMILES string of the molecule is CCNC1CCC(C)(C)CC1Sc1nc(C)ns1. The third-order valence-electron chi connectivity index (χ3n) is 3.56. The van der Waals surface area contributed by atoms with Crippen molar-refractivity contribution < 1.29 is 0 Å². The summed E-state index contributed by atoms with van der Waals surface area (Å²) in [4.78, 5) is 4.49. The van der Waals surface area contributed by atoms with E-state index in [0.29, 0.717) is 16.7 Å². The van der Waals surface area contributed by atoms with Gasteiger partial charge < -0.3 is 5.32 Å². The van der Waals surface area contributed by atoms with Gasteiger partial charge in [0.25, 0.3) is 0 Å². The van der Waals surface area contributed by atoms with Gasteiger partial charge in [-0.3, -0.25) is 0 Å². The molecule has 1 heterocycles. The van der Waals surface area contributed by atoms with Gasteiger partial charge in [-0.1, -0.05) is 32.5 Å². The van der Waals surface area contributed by atoms with Crippen LogP contribution in [0.25, 0.3) is 0 Å². The van der Waals surface area contributed by atoms with Crippen LogP contribution in [0.4, 0.5) is 0 Å². The predicted octanol–water partition coefficient (Wildman–Crippen LogP) is 3.50. The van der Waals surface area contributed by atoms with Crippen LogP contribution in [0.15, 0.2) is 4.34 Å². The Hall–Kier alpha value is -0.130. The first-order valence-corrected chi connectivity index (χ1v) is 8.36. The minimum Gasteiger partial charge on any atom is -0.313 e. The molecule has 5 heteroatoms. The molecule has 0 radical (unpaired) electrons. The largest absolute Gasteiger partial charge is 0.313 e. The van der Waals surface area contributed by atoms with Crippen LogP contribution in [0.1, 0.15) is 45.9 Å². The van der Waals surface area contributed by atoms with E-state index >= 15 is 0 Å². The van der Waals surface area contributed by atoms with Gasteiger partial charge in [0.1, 0.15) is 5.82 Å². The Balaban J connectivity index is 2.05. The third kappa shape index (κ3) is 3.68. The van der Waals surface area contributed by atoms with Gasteiger partial charge in [-0.2, -0.15) is 4.37 Å². The number of aryl methyl sites for hydroxylation is 1.